The van der Waals surface area contributed by atoms with Crippen LogP contribution in [0.3, 0.4) is 0 Å². The van der Waals surface area contributed by atoms with Gasteiger partial charge in [0.25, 0.3) is 5.91 Å². The number of carbonyl (C=O) groups is 1. The summed E-state index contributed by atoms with van der Waals surface area (Å²) in [5.74, 6) is 1.74. The van der Waals surface area contributed by atoms with Gasteiger partial charge in [-0.15, -0.1) is 0 Å². The topological polar surface area (TPSA) is 56.8 Å². The molecule has 0 saturated carbocycles. The molecule has 3 aromatic carbocycles. The number of methoxy groups -OCH3 is 2. The second-order valence-corrected chi connectivity index (χ2v) is 6.20. The van der Waals surface area contributed by atoms with Crippen molar-refractivity contribution in [3.05, 3.63) is 89.5 Å². The molecule has 1 amide bonds. The molecule has 0 aliphatic heterocycles. The van der Waals surface area contributed by atoms with E-state index in [-0.39, 0.29) is 5.91 Å². The van der Waals surface area contributed by atoms with Crippen LogP contribution in [0.15, 0.2) is 72.8 Å². The van der Waals surface area contributed by atoms with Crippen LogP contribution in [0.1, 0.15) is 21.5 Å². The van der Waals surface area contributed by atoms with Crippen molar-refractivity contribution >= 4 is 5.91 Å². The van der Waals surface area contributed by atoms with Crippen molar-refractivity contribution in [2.45, 2.75) is 13.2 Å². The molecule has 0 heterocycles. The standard InChI is InChI=1S/C23H23NO4/c1-26-21-12-19(13-22(14-21)27-2)23(25)24-15-17-8-10-20(11-9-17)28-16-18-6-4-3-5-7-18/h3-14H,15-16H2,1-2H3,(H,24,25). The van der Waals surface area contributed by atoms with E-state index in [9.17, 15) is 4.79 Å². The van der Waals surface area contributed by atoms with E-state index in [2.05, 4.69) is 5.32 Å². The Morgan fingerprint density at radius 3 is 2.04 bits per heavy atom. The van der Waals surface area contributed by atoms with E-state index in [1.165, 1.54) is 0 Å². The highest BCUT2D eigenvalue weighted by Crippen LogP contribution is 2.22. The van der Waals surface area contributed by atoms with E-state index in [0.29, 0.717) is 30.2 Å². The highest BCUT2D eigenvalue weighted by atomic mass is 16.5. The van der Waals surface area contributed by atoms with Gasteiger partial charge in [0.05, 0.1) is 14.2 Å². The van der Waals surface area contributed by atoms with Gasteiger partial charge >= 0.3 is 0 Å². The number of amides is 1. The first-order valence-electron chi connectivity index (χ1n) is 8.95. The van der Waals surface area contributed by atoms with Gasteiger partial charge in [0, 0.05) is 18.2 Å². The molecule has 0 saturated heterocycles. The molecule has 0 atom stereocenters. The number of carbonyl (C=O) groups excluding carboxylic acids is 1. The van der Waals surface area contributed by atoms with Gasteiger partial charge in [-0.1, -0.05) is 42.5 Å². The van der Waals surface area contributed by atoms with Crippen LogP contribution in [0.4, 0.5) is 0 Å². The van der Waals surface area contributed by atoms with Crippen molar-refractivity contribution in [1.29, 1.82) is 0 Å². The van der Waals surface area contributed by atoms with Crippen LogP contribution in [-0.2, 0) is 13.2 Å². The van der Waals surface area contributed by atoms with Gasteiger partial charge < -0.3 is 19.5 Å². The number of benzene rings is 3. The van der Waals surface area contributed by atoms with Gasteiger partial charge in [0.1, 0.15) is 23.9 Å². The maximum atomic E-state index is 12.4. The zero-order chi connectivity index (χ0) is 19.8. The maximum absolute atomic E-state index is 12.4. The SMILES string of the molecule is COc1cc(OC)cc(C(=O)NCc2ccc(OCc3ccccc3)cc2)c1. The lowest BCUT2D eigenvalue weighted by Gasteiger charge is -2.10. The highest BCUT2D eigenvalue weighted by Gasteiger charge is 2.10. The number of ether oxygens (including phenoxy) is 3. The summed E-state index contributed by atoms with van der Waals surface area (Å²) < 4.78 is 16.2. The molecule has 0 spiro atoms. The Balaban J connectivity index is 1.55. The lowest BCUT2D eigenvalue weighted by molar-refractivity contribution is 0.0950. The molecule has 0 aromatic heterocycles. The summed E-state index contributed by atoms with van der Waals surface area (Å²) in [5.41, 5.74) is 2.59. The van der Waals surface area contributed by atoms with Crippen LogP contribution in [0, 0.1) is 0 Å². The van der Waals surface area contributed by atoms with Crippen LogP contribution < -0.4 is 19.5 Å². The minimum atomic E-state index is -0.193. The predicted molar refractivity (Wildman–Crippen MR) is 108 cm³/mol. The molecule has 1 N–H and O–H groups in total. The lowest BCUT2D eigenvalue weighted by atomic mass is 10.1. The van der Waals surface area contributed by atoms with Gasteiger partial charge in [0.15, 0.2) is 0 Å². The number of rotatable bonds is 8. The molecular formula is C23H23NO4. The second kappa shape index (κ2) is 9.46. The third kappa shape index (κ3) is 5.27. The van der Waals surface area contributed by atoms with Crippen LogP contribution >= 0.6 is 0 Å². The van der Waals surface area contributed by atoms with Gasteiger partial charge in [-0.05, 0) is 35.4 Å². The summed E-state index contributed by atoms with van der Waals surface area (Å²) in [6.45, 7) is 0.936. The molecular weight excluding hydrogens is 354 g/mol. The third-order valence-electron chi connectivity index (χ3n) is 4.24. The van der Waals surface area contributed by atoms with E-state index >= 15 is 0 Å². The van der Waals surface area contributed by atoms with Gasteiger partial charge in [-0.3, -0.25) is 4.79 Å². The first-order valence-corrected chi connectivity index (χ1v) is 8.95. The second-order valence-electron chi connectivity index (χ2n) is 6.20. The fraction of sp³-hybridized carbons (Fsp3) is 0.174. The number of nitrogens with one attached hydrogen (secondary N) is 1. The number of hydrogen-bond donors (Lipinski definition) is 1. The Labute approximate surface area is 164 Å². The maximum Gasteiger partial charge on any atom is 0.251 e. The Bertz CT molecular complexity index is 885. The molecule has 0 unspecified atom stereocenters. The van der Waals surface area contributed by atoms with E-state index in [1.807, 2.05) is 54.6 Å². The summed E-state index contributed by atoms with van der Waals surface area (Å²) in [6.07, 6.45) is 0. The van der Waals surface area contributed by atoms with Gasteiger partial charge in [-0.2, -0.15) is 0 Å². The average molecular weight is 377 g/mol. The van der Waals surface area contributed by atoms with Crippen molar-refractivity contribution in [1.82, 2.24) is 5.32 Å². The third-order valence-corrected chi connectivity index (χ3v) is 4.24. The molecule has 28 heavy (non-hydrogen) atoms. The lowest BCUT2D eigenvalue weighted by Crippen LogP contribution is -2.22. The normalized spacial score (nSPS) is 10.2. The molecule has 3 rings (SSSR count). The molecule has 0 fully saturated rings. The van der Waals surface area contributed by atoms with E-state index in [4.69, 9.17) is 14.2 Å². The van der Waals surface area contributed by atoms with Crippen LogP contribution in [0.2, 0.25) is 0 Å². The Morgan fingerprint density at radius 2 is 1.43 bits per heavy atom. The van der Waals surface area contributed by atoms with Crippen molar-refractivity contribution in [2.75, 3.05) is 14.2 Å². The van der Waals surface area contributed by atoms with Crippen LogP contribution in [0.5, 0.6) is 17.2 Å². The Kier molecular flexibility index (Phi) is 6.52. The van der Waals surface area contributed by atoms with E-state index < -0.39 is 0 Å². The van der Waals surface area contributed by atoms with Crippen LogP contribution in [-0.4, -0.2) is 20.1 Å². The van der Waals surface area contributed by atoms with E-state index in [1.54, 1.807) is 32.4 Å². The highest BCUT2D eigenvalue weighted by molar-refractivity contribution is 5.95. The molecule has 0 aliphatic carbocycles. The zero-order valence-corrected chi connectivity index (χ0v) is 16.0. The van der Waals surface area contributed by atoms with Gasteiger partial charge in [-0.25, -0.2) is 0 Å². The minimum absolute atomic E-state index is 0.193. The fourth-order valence-electron chi connectivity index (χ4n) is 2.67. The molecule has 3 aromatic rings. The minimum Gasteiger partial charge on any atom is -0.497 e. The smallest absolute Gasteiger partial charge is 0.251 e. The number of hydrogen-bond acceptors (Lipinski definition) is 4. The molecule has 5 nitrogen and oxygen atoms in total. The molecule has 0 radical (unpaired) electrons. The first kappa shape index (κ1) is 19.3. The fourth-order valence-corrected chi connectivity index (χ4v) is 2.67. The summed E-state index contributed by atoms with van der Waals surface area (Å²) >= 11 is 0. The largest absolute Gasteiger partial charge is 0.497 e. The van der Waals surface area contributed by atoms with Crippen LogP contribution in [0.25, 0.3) is 0 Å². The van der Waals surface area contributed by atoms with Crippen molar-refractivity contribution < 1.29 is 19.0 Å². The first-order chi connectivity index (χ1) is 13.7. The molecule has 0 bridgehead atoms. The van der Waals surface area contributed by atoms with Crippen molar-refractivity contribution in [3.8, 4) is 17.2 Å². The van der Waals surface area contributed by atoms with Crippen molar-refractivity contribution in [2.24, 2.45) is 0 Å². The summed E-state index contributed by atoms with van der Waals surface area (Å²) in [6, 6.07) is 22.8. The average Bonchev–Trinajstić information content (AvgIpc) is 2.77. The molecule has 0 aliphatic rings. The molecule has 5 heteroatoms. The van der Waals surface area contributed by atoms with E-state index in [0.717, 1.165) is 16.9 Å². The van der Waals surface area contributed by atoms with Crippen molar-refractivity contribution in [3.63, 3.8) is 0 Å². The summed E-state index contributed by atoms with van der Waals surface area (Å²) in [4.78, 5) is 12.4. The quantitative estimate of drug-likeness (QED) is 0.639. The summed E-state index contributed by atoms with van der Waals surface area (Å²) in [5, 5.41) is 2.90. The Hall–Kier alpha value is -3.47. The Morgan fingerprint density at radius 1 is 0.786 bits per heavy atom. The molecule has 144 valence electrons. The zero-order valence-electron chi connectivity index (χ0n) is 16.0. The summed E-state index contributed by atoms with van der Waals surface area (Å²) in [7, 11) is 3.11. The predicted octanol–water partition coefficient (Wildman–Crippen LogP) is 4.21. The van der Waals surface area contributed by atoms with Gasteiger partial charge in [0.2, 0.25) is 0 Å². The monoisotopic (exact) mass is 377 g/mol.